The van der Waals surface area contributed by atoms with Gasteiger partial charge in [-0.05, 0) is 35.0 Å². The van der Waals surface area contributed by atoms with Crippen LogP contribution in [0.25, 0.3) is 10.9 Å². The van der Waals surface area contributed by atoms with Crippen molar-refractivity contribution in [2.45, 2.75) is 12.5 Å². The lowest BCUT2D eigenvalue weighted by Crippen LogP contribution is -2.36. The Morgan fingerprint density at radius 2 is 2.25 bits per heavy atom. The molecule has 1 amide bonds. The number of pyridine rings is 1. The molecule has 1 saturated heterocycles. The predicted molar refractivity (Wildman–Crippen MR) is 81.0 cm³/mol. The van der Waals surface area contributed by atoms with E-state index in [1.54, 1.807) is 0 Å². The molecule has 6 heteroatoms. The molecular weight excluding hydrogens is 322 g/mol. The molecule has 5 nitrogen and oxygen atoms in total. The number of nitrogens with one attached hydrogen (secondary N) is 3. The molecule has 0 saturated carbocycles. The van der Waals surface area contributed by atoms with E-state index in [4.69, 9.17) is 0 Å². The van der Waals surface area contributed by atoms with Crippen LogP contribution < -0.4 is 16.2 Å². The molecule has 3 rings (SSSR count). The molecule has 2 heterocycles. The van der Waals surface area contributed by atoms with Crippen LogP contribution in [0.2, 0.25) is 0 Å². The molecule has 1 fully saturated rings. The number of aromatic nitrogens is 1. The van der Waals surface area contributed by atoms with Gasteiger partial charge < -0.3 is 15.6 Å². The molecule has 3 N–H and O–H groups in total. The topological polar surface area (TPSA) is 74.0 Å². The van der Waals surface area contributed by atoms with Gasteiger partial charge >= 0.3 is 0 Å². The molecule has 1 unspecified atom stereocenters. The molecule has 0 bridgehead atoms. The van der Waals surface area contributed by atoms with Gasteiger partial charge in [-0.25, -0.2) is 0 Å². The summed E-state index contributed by atoms with van der Waals surface area (Å²) in [5.41, 5.74) is 0.783. The Kier molecular flexibility index (Phi) is 3.58. The Bertz CT molecular complexity index is 720. The average Bonchev–Trinajstić information content (AvgIpc) is 2.92. The Labute approximate surface area is 123 Å². The lowest BCUT2D eigenvalue weighted by atomic mass is 10.1. The van der Waals surface area contributed by atoms with Crippen LogP contribution >= 0.6 is 15.9 Å². The van der Waals surface area contributed by atoms with Crippen LogP contribution in [0.1, 0.15) is 16.8 Å². The van der Waals surface area contributed by atoms with E-state index in [1.165, 1.54) is 6.07 Å². The first-order valence-corrected chi connectivity index (χ1v) is 7.27. The predicted octanol–water partition coefficient (Wildman–Crippen LogP) is 1.38. The second-order valence-corrected chi connectivity index (χ2v) is 5.73. The summed E-state index contributed by atoms with van der Waals surface area (Å²) in [5, 5.41) is 6.90. The van der Waals surface area contributed by atoms with E-state index >= 15 is 0 Å². The number of carbonyl (C=O) groups excluding carboxylic acids is 1. The van der Waals surface area contributed by atoms with Gasteiger partial charge in [0.2, 0.25) is 5.56 Å². The second-order valence-electron chi connectivity index (χ2n) is 4.87. The van der Waals surface area contributed by atoms with Gasteiger partial charge in [0.1, 0.15) is 0 Å². The highest BCUT2D eigenvalue weighted by molar-refractivity contribution is 9.10. The molecule has 1 atom stereocenters. The fourth-order valence-electron chi connectivity index (χ4n) is 2.47. The zero-order valence-electron chi connectivity index (χ0n) is 10.7. The van der Waals surface area contributed by atoms with E-state index in [1.807, 2.05) is 18.2 Å². The number of carbonyl (C=O) groups is 1. The zero-order chi connectivity index (χ0) is 14.1. The van der Waals surface area contributed by atoms with Crippen LogP contribution in [0.3, 0.4) is 0 Å². The van der Waals surface area contributed by atoms with Crippen LogP contribution in [0, 0.1) is 0 Å². The van der Waals surface area contributed by atoms with Crippen LogP contribution in [0.15, 0.2) is 33.5 Å². The number of amides is 1. The first-order valence-electron chi connectivity index (χ1n) is 6.48. The lowest BCUT2D eigenvalue weighted by molar-refractivity contribution is 0.0941. The molecule has 1 aliphatic rings. The molecule has 1 aromatic heterocycles. The van der Waals surface area contributed by atoms with Crippen LogP contribution in [0.5, 0.6) is 0 Å². The summed E-state index contributed by atoms with van der Waals surface area (Å²) in [6, 6.07) is 6.99. The van der Waals surface area contributed by atoms with Gasteiger partial charge in [0.05, 0.1) is 11.1 Å². The SMILES string of the molecule is O=C(NC1CCNC1)c1cc(=O)[nH]c2c(Br)cccc12. The molecule has 0 radical (unpaired) electrons. The maximum Gasteiger partial charge on any atom is 0.252 e. The molecule has 1 aliphatic heterocycles. The van der Waals surface area contributed by atoms with Crippen molar-refractivity contribution in [2.24, 2.45) is 0 Å². The number of benzene rings is 1. The highest BCUT2D eigenvalue weighted by atomic mass is 79.9. The third-order valence-corrected chi connectivity index (χ3v) is 4.13. The second kappa shape index (κ2) is 5.38. The summed E-state index contributed by atoms with van der Waals surface area (Å²) < 4.78 is 0.768. The molecule has 0 spiro atoms. The van der Waals surface area contributed by atoms with E-state index in [9.17, 15) is 9.59 Å². The van der Waals surface area contributed by atoms with Crippen molar-refractivity contribution in [3.8, 4) is 0 Å². The number of aromatic amines is 1. The highest BCUT2D eigenvalue weighted by Crippen LogP contribution is 2.23. The van der Waals surface area contributed by atoms with Crippen molar-refractivity contribution in [3.05, 3.63) is 44.7 Å². The zero-order valence-corrected chi connectivity index (χ0v) is 12.3. The molecular formula is C14H14BrN3O2. The van der Waals surface area contributed by atoms with Crippen LogP contribution in [-0.2, 0) is 0 Å². The standard InChI is InChI=1S/C14H14BrN3O2/c15-11-3-1-2-9-10(6-12(19)18-13(9)11)14(20)17-8-4-5-16-7-8/h1-3,6,8,16H,4-5,7H2,(H,17,20)(H,18,19). The van der Waals surface area contributed by atoms with E-state index in [-0.39, 0.29) is 17.5 Å². The third kappa shape index (κ3) is 2.48. The minimum absolute atomic E-state index is 0.129. The van der Waals surface area contributed by atoms with Gasteiger partial charge in [-0.1, -0.05) is 12.1 Å². The van der Waals surface area contributed by atoms with Crippen molar-refractivity contribution >= 4 is 32.7 Å². The van der Waals surface area contributed by atoms with E-state index in [0.717, 1.165) is 29.4 Å². The lowest BCUT2D eigenvalue weighted by Gasteiger charge is -2.12. The maximum absolute atomic E-state index is 12.4. The Morgan fingerprint density at radius 3 is 3.00 bits per heavy atom. The van der Waals surface area contributed by atoms with Gasteiger partial charge in [-0.3, -0.25) is 9.59 Å². The monoisotopic (exact) mass is 335 g/mol. The molecule has 1 aromatic carbocycles. The van der Waals surface area contributed by atoms with Gasteiger partial charge in [0.25, 0.3) is 5.91 Å². The average molecular weight is 336 g/mol. The summed E-state index contributed by atoms with van der Waals surface area (Å²) in [5.74, 6) is -0.201. The minimum atomic E-state index is -0.279. The third-order valence-electron chi connectivity index (χ3n) is 3.47. The fourth-order valence-corrected chi connectivity index (χ4v) is 2.94. The highest BCUT2D eigenvalue weighted by Gasteiger charge is 2.19. The fraction of sp³-hybridized carbons (Fsp3) is 0.286. The van der Waals surface area contributed by atoms with E-state index in [0.29, 0.717) is 11.1 Å². The number of hydrogen-bond acceptors (Lipinski definition) is 3. The van der Waals surface area contributed by atoms with Gasteiger partial charge in [0, 0.05) is 28.5 Å². The Balaban J connectivity index is 2.03. The largest absolute Gasteiger partial charge is 0.348 e. The molecule has 0 aliphatic carbocycles. The number of rotatable bonds is 2. The summed E-state index contributed by atoms with van der Waals surface area (Å²) in [4.78, 5) is 26.9. The van der Waals surface area contributed by atoms with Crippen LogP contribution in [-0.4, -0.2) is 30.0 Å². The maximum atomic E-state index is 12.4. The van der Waals surface area contributed by atoms with Crippen molar-refractivity contribution in [3.63, 3.8) is 0 Å². The van der Waals surface area contributed by atoms with Gasteiger partial charge in [0.15, 0.2) is 0 Å². The van der Waals surface area contributed by atoms with Crippen molar-refractivity contribution in [1.29, 1.82) is 0 Å². The van der Waals surface area contributed by atoms with Crippen LogP contribution in [0.4, 0.5) is 0 Å². The quantitative estimate of drug-likeness (QED) is 0.776. The first kappa shape index (κ1) is 13.3. The van der Waals surface area contributed by atoms with Gasteiger partial charge in [-0.2, -0.15) is 0 Å². The van der Waals surface area contributed by atoms with Gasteiger partial charge in [-0.15, -0.1) is 0 Å². The summed E-state index contributed by atoms with van der Waals surface area (Å²) in [7, 11) is 0. The smallest absolute Gasteiger partial charge is 0.252 e. The minimum Gasteiger partial charge on any atom is -0.348 e. The molecule has 104 valence electrons. The Morgan fingerprint density at radius 1 is 1.40 bits per heavy atom. The number of hydrogen-bond donors (Lipinski definition) is 3. The van der Waals surface area contributed by atoms with Crippen molar-refractivity contribution < 1.29 is 4.79 Å². The number of para-hydroxylation sites is 1. The number of fused-ring (bicyclic) bond motifs is 1. The summed E-state index contributed by atoms with van der Waals surface area (Å²) in [6.07, 6.45) is 0.913. The molecule has 20 heavy (non-hydrogen) atoms. The van der Waals surface area contributed by atoms with E-state index < -0.39 is 0 Å². The van der Waals surface area contributed by atoms with E-state index in [2.05, 4.69) is 31.5 Å². The van der Waals surface area contributed by atoms with Crippen molar-refractivity contribution in [2.75, 3.05) is 13.1 Å². The number of H-pyrrole nitrogens is 1. The normalized spacial score (nSPS) is 18.4. The Hall–Kier alpha value is -1.66. The molecule has 2 aromatic rings. The summed E-state index contributed by atoms with van der Waals surface area (Å²) in [6.45, 7) is 1.68. The summed E-state index contributed by atoms with van der Waals surface area (Å²) >= 11 is 3.39. The van der Waals surface area contributed by atoms with Crippen molar-refractivity contribution in [1.82, 2.24) is 15.6 Å². The first-order chi connectivity index (χ1) is 9.65. The number of halogens is 1.